The van der Waals surface area contributed by atoms with E-state index in [0.717, 1.165) is 12.8 Å². The lowest BCUT2D eigenvalue weighted by Gasteiger charge is -2.52. The Labute approximate surface area is 138 Å². The van der Waals surface area contributed by atoms with Crippen molar-refractivity contribution in [3.8, 4) is 0 Å². The van der Waals surface area contributed by atoms with Crippen molar-refractivity contribution in [3.63, 3.8) is 0 Å². The first kappa shape index (κ1) is 17.5. The fourth-order valence-corrected chi connectivity index (χ4v) is 4.43. The summed E-state index contributed by atoms with van der Waals surface area (Å²) in [5.74, 6) is 0.276. The molecular weight excluding hydrogens is 288 g/mol. The molecule has 0 radical (unpaired) electrons. The average Bonchev–Trinajstić information content (AvgIpc) is 2.42. The summed E-state index contributed by atoms with van der Waals surface area (Å²) in [6, 6.07) is 5.14. The molecule has 0 saturated heterocycles. The minimum absolute atomic E-state index is 0.0176. The van der Waals surface area contributed by atoms with Crippen molar-refractivity contribution in [2.45, 2.75) is 53.0 Å². The third kappa shape index (κ3) is 3.92. The second-order valence-electron chi connectivity index (χ2n) is 8.06. The van der Waals surface area contributed by atoms with E-state index >= 15 is 0 Å². The van der Waals surface area contributed by atoms with Crippen LogP contribution in [0, 0.1) is 16.7 Å². The van der Waals surface area contributed by atoms with Gasteiger partial charge >= 0.3 is 0 Å². The number of rotatable bonds is 5. The third-order valence-electron chi connectivity index (χ3n) is 5.24. The minimum Gasteiger partial charge on any atom is -0.389 e. The number of carbonyl (C=O) groups is 1. The molecule has 2 rings (SSSR count). The van der Waals surface area contributed by atoms with Gasteiger partial charge in [0.2, 0.25) is 5.56 Å². The summed E-state index contributed by atoms with van der Waals surface area (Å²) in [5, 5.41) is 3.34. The van der Waals surface area contributed by atoms with Crippen molar-refractivity contribution in [2.75, 3.05) is 0 Å². The van der Waals surface area contributed by atoms with E-state index in [1.165, 1.54) is 6.07 Å². The molecule has 23 heavy (non-hydrogen) atoms. The first-order chi connectivity index (χ1) is 10.7. The number of nitrogens with one attached hydrogen (secondary N) is 2. The van der Waals surface area contributed by atoms with Gasteiger partial charge < -0.3 is 10.3 Å². The average molecular weight is 316 g/mol. The van der Waals surface area contributed by atoms with Crippen LogP contribution in [0.15, 0.2) is 35.8 Å². The summed E-state index contributed by atoms with van der Waals surface area (Å²) in [5.41, 5.74) is 0.254. The van der Waals surface area contributed by atoms with Gasteiger partial charge in [-0.25, -0.2) is 0 Å². The Balaban J connectivity index is 2.22. The third-order valence-corrected chi connectivity index (χ3v) is 5.24. The summed E-state index contributed by atoms with van der Waals surface area (Å²) in [4.78, 5) is 26.7. The lowest BCUT2D eigenvalue weighted by molar-refractivity contribution is -0.00478. The largest absolute Gasteiger partial charge is 0.389 e. The number of pyridine rings is 1. The maximum Gasteiger partial charge on any atom is 0.248 e. The molecule has 4 nitrogen and oxygen atoms in total. The number of ketones is 1. The van der Waals surface area contributed by atoms with Crippen molar-refractivity contribution >= 4 is 5.78 Å². The number of H-pyrrole nitrogens is 1. The first-order valence-corrected chi connectivity index (χ1v) is 8.25. The Morgan fingerprint density at radius 2 is 1.91 bits per heavy atom. The fraction of sp³-hybridized carbons (Fsp3) is 0.579. The maximum absolute atomic E-state index is 12.6. The summed E-state index contributed by atoms with van der Waals surface area (Å²) in [7, 11) is 0. The molecule has 1 heterocycles. The van der Waals surface area contributed by atoms with Gasteiger partial charge in [-0.2, -0.15) is 0 Å². The lowest BCUT2D eigenvalue weighted by Crippen LogP contribution is -2.49. The van der Waals surface area contributed by atoms with Crippen molar-refractivity contribution < 1.29 is 4.79 Å². The van der Waals surface area contributed by atoms with E-state index < -0.39 is 0 Å². The molecule has 0 aliphatic heterocycles. The van der Waals surface area contributed by atoms with E-state index in [2.05, 4.69) is 44.6 Å². The smallest absolute Gasteiger partial charge is 0.248 e. The van der Waals surface area contributed by atoms with Gasteiger partial charge in [0, 0.05) is 18.5 Å². The fourth-order valence-electron chi connectivity index (χ4n) is 4.43. The Hall–Kier alpha value is -1.84. The van der Waals surface area contributed by atoms with E-state index in [0.29, 0.717) is 18.2 Å². The Bertz CT molecular complexity index is 625. The van der Waals surface area contributed by atoms with Crippen LogP contribution in [0.5, 0.6) is 0 Å². The molecule has 4 heteroatoms. The van der Waals surface area contributed by atoms with Crippen molar-refractivity contribution in [1.29, 1.82) is 0 Å². The molecule has 0 spiro atoms. The zero-order valence-corrected chi connectivity index (χ0v) is 14.6. The number of hydrogen-bond donors (Lipinski definition) is 2. The van der Waals surface area contributed by atoms with Crippen LogP contribution in [0.2, 0.25) is 0 Å². The Morgan fingerprint density at radius 1 is 1.30 bits per heavy atom. The normalized spacial score (nSPS) is 25.6. The Morgan fingerprint density at radius 3 is 2.43 bits per heavy atom. The summed E-state index contributed by atoms with van der Waals surface area (Å²) in [6.45, 7) is 12.7. The molecule has 0 amide bonds. The molecule has 2 N–H and O–H groups in total. The van der Waals surface area contributed by atoms with E-state index in [-0.39, 0.29) is 28.1 Å². The van der Waals surface area contributed by atoms with Crippen LogP contribution in [0.4, 0.5) is 0 Å². The quantitative estimate of drug-likeness (QED) is 0.817. The number of aromatic nitrogens is 1. The van der Waals surface area contributed by atoms with Crippen molar-refractivity contribution in [2.24, 2.45) is 16.7 Å². The van der Waals surface area contributed by atoms with Crippen LogP contribution in [0.3, 0.4) is 0 Å². The van der Waals surface area contributed by atoms with Gasteiger partial charge in [0.1, 0.15) is 0 Å². The van der Waals surface area contributed by atoms with Crippen molar-refractivity contribution in [1.82, 2.24) is 10.3 Å². The molecule has 1 aliphatic rings. The first-order valence-electron chi connectivity index (χ1n) is 8.25. The van der Waals surface area contributed by atoms with E-state index in [9.17, 15) is 9.59 Å². The highest BCUT2D eigenvalue weighted by Gasteiger charge is 2.47. The molecule has 0 unspecified atom stereocenters. The predicted molar refractivity (Wildman–Crippen MR) is 93.4 cm³/mol. The summed E-state index contributed by atoms with van der Waals surface area (Å²) >= 11 is 0. The van der Waals surface area contributed by atoms with E-state index in [1.54, 1.807) is 18.3 Å². The molecule has 0 aromatic carbocycles. The molecule has 0 atom stereocenters. The zero-order chi connectivity index (χ0) is 17.3. The highest BCUT2D eigenvalue weighted by atomic mass is 16.1. The van der Waals surface area contributed by atoms with Gasteiger partial charge in [0.05, 0.1) is 5.69 Å². The molecular formula is C19H28N2O2. The van der Waals surface area contributed by atoms with Gasteiger partial charge in [-0.15, -0.1) is 0 Å². The van der Waals surface area contributed by atoms with Gasteiger partial charge in [-0.3, -0.25) is 9.59 Å². The van der Waals surface area contributed by atoms with Crippen LogP contribution in [0.1, 0.15) is 57.4 Å². The standard InChI is InChI=1S/C19H28N2O2/c1-6-20-13-11-18(2,3)16(19(4,5)12-13)10-15(22)14-8-7-9-17(23)21-14/h6-9,13,16,20H,1,10-12H2,2-5H3,(H,21,23). The molecule has 1 aromatic heterocycles. The van der Waals surface area contributed by atoms with Crippen LogP contribution in [-0.4, -0.2) is 16.8 Å². The van der Waals surface area contributed by atoms with Gasteiger partial charge in [-0.1, -0.05) is 40.3 Å². The molecule has 126 valence electrons. The van der Waals surface area contributed by atoms with Crippen LogP contribution in [-0.2, 0) is 0 Å². The lowest BCUT2D eigenvalue weighted by atomic mass is 9.54. The van der Waals surface area contributed by atoms with Crippen LogP contribution in [0.25, 0.3) is 0 Å². The molecule has 1 aliphatic carbocycles. The highest BCUT2D eigenvalue weighted by molar-refractivity contribution is 5.94. The van der Waals surface area contributed by atoms with Gasteiger partial charge in [0.15, 0.2) is 5.78 Å². The molecule has 1 aromatic rings. The Kier molecular flexibility index (Phi) is 4.83. The van der Waals surface area contributed by atoms with Gasteiger partial charge in [0.25, 0.3) is 0 Å². The molecule has 1 fully saturated rings. The van der Waals surface area contributed by atoms with E-state index in [4.69, 9.17) is 0 Å². The highest BCUT2D eigenvalue weighted by Crippen LogP contribution is 2.52. The predicted octanol–water partition coefficient (Wildman–Crippen LogP) is 3.51. The molecule has 0 bridgehead atoms. The summed E-state index contributed by atoms with van der Waals surface area (Å²) < 4.78 is 0. The van der Waals surface area contributed by atoms with E-state index in [1.807, 2.05) is 0 Å². The second-order valence-corrected chi connectivity index (χ2v) is 8.06. The number of hydrogen-bond acceptors (Lipinski definition) is 3. The topological polar surface area (TPSA) is 62.0 Å². The number of Topliss-reactive ketones (excluding diaryl/α,β-unsaturated/α-hetero) is 1. The number of aromatic amines is 1. The van der Waals surface area contributed by atoms with Gasteiger partial charge in [-0.05, 0) is 41.9 Å². The monoisotopic (exact) mass is 316 g/mol. The molecule has 1 saturated carbocycles. The van der Waals surface area contributed by atoms with Crippen LogP contribution >= 0.6 is 0 Å². The van der Waals surface area contributed by atoms with Crippen LogP contribution < -0.4 is 10.9 Å². The second kappa shape index (κ2) is 6.34. The number of carbonyl (C=O) groups excluding carboxylic acids is 1. The van der Waals surface area contributed by atoms with Crippen molar-refractivity contribution in [3.05, 3.63) is 47.0 Å². The minimum atomic E-state index is -0.228. The zero-order valence-electron chi connectivity index (χ0n) is 14.6. The maximum atomic E-state index is 12.6. The summed E-state index contributed by atoms with van der Waals surface area (Å²) in [6.07, 6.45) is 4.23. The SMILES string of the molecule is C=CNC1CC(C)(C)C(CC(=O)c2cccc(=O)[nH]2)C(C)(C)C1.